The monoisotopic (exact) mass is 349 g/mol. The van der Waals surface area contributed by atoms with Gasteiger partial charge in [-0.1, -0.05) is 42.5 Å². The molecule has 0 amide bonds. The second-order valence-electron chi connectivity index (χ2n) is 6.82. The summed E-state index contributed by atoms with van der Waals surface area (Å²) in [5.41, 5.74) is 3.33. The zero-order chi connectivity index (χ0) is 17.9. The lowest BCUT2D eigenvalue weighted by atomic mass is 10.0. The largest absolute Gasteiger partial charge is 0.480 e. The lowest BCUT2D eigenvalue weighted by Crippen LogP contribution is -2.48. The first kappa shape index (κ1) is 16.8. The van der Waals surface area contributed by atoms with E-state index in [-0.39, 0.29) is 0 Å². The molecule has 3 aromatic rings. The van der Waals surface area contributed by atoms with Crippen molar-refractivity contribution in [2.75, 3.05) is 26.2 Å². The van der Waals surface area contributed by atoms with Gasteiger partial charge >= 0.3 is 5.97 Å². The van der Waals surface area contributed by atoms with E-state index in [9.17, 15) is 9.90 Å². The molecule has 1 atom stereocenters. The Labute approximate surface area is 152 Å². The molecule has 5 heteroatoms. The SMILES string of the molecule is O=C(O)C(c1ccccc1)N1CCN(Cc2cccc3[nH]ccc23)CC1. The van der Waals surface area contributed by atoms with Crippen molar-refractivity contribution in [3.8, 4) is 0 Å². The summed E-state index contributed by atoms with van der Waals surface area (Å²) in [4.78, 5) is 19.6. The topological polar surface area (TPSA) is 59.6 Å². The molecular weight excluding hydrogens is 326 g/mol. The molecule has 5 nitrogen and oxygen atoms in total. The molecule has 134 valence electrons. The standard InChI is InChI=1S/C21H23N3O2/c25-21(26)20(16-5-2-1-3-6-16)24-13-11-23(12-14-24)15-17-7-4-8-19-18(17)9-10-22-19/h1-10,20,22H,11-15H2,(H,25,26). The van der Waals surface area contributed by atoms with Gasteiger partial charge in [-0.25, -0.2) is 0 Å². The fourth-order valence-corrected chi connectivity index (χ4v) is 3.85. The van der Waals surface area contributed by atoms with Crippen LogP contribution >= 0.6 is 0 Å². The summed E-state index contributed by atoms with van der Waals surface area (Å²) in [5.74, 6) is -0.776. The van der Waals surface area contributed by atoms with Crippen molar-refractivity contribution >= 4 is 16.9 Å². The number of nitrogens with one attached hydrogen (secondary N) is 1. The lowest BCUT2D eigenvalue weighted by Gasteiger charge is -2.38. The van der Waals surface area contributed by atoms with Crippen LogP contribution in [0.1, 0.15) is 17.2 Å². The summed E-state index contributed by atoms with van der Waals surface area (Å²) in [6, 6.07) is 17.4. The smallest absolute Gasteiger partial charge is 0.325 e. The van der Waals surface area contributed by atoms with E-state index in [2.05, 4.69) is 39.0 Å². The van der Waals surface area contributed by atoms with Crippen LogP contribution in [0, 0.1) is 0 Å². The van der Waals surface area contributed by atoms with Crippen LogP contribution in [0.3, 0.4) is 0 Å². The second kappa shape index (κ2) is 7.32. The molecule has 1 fully saturated rings. The van der Waals surface area contributed by atoms with Crippen LogP contribution in [0.5, 0.6) is 0 Å². The Morgan fingerprint density at radius 2 is 1.77 bits per heavy atom. The van der Waals surface area contributed by atoms with Crippen molar-refractivity contribution < 1.29 is 9.90 Å². The number of aromatic amines is 1. The minimum Gasteiger partial charge on any atom is -0.480 e. The first-order valence-corrected chi connectivity index (χ1v) is 9.01. The molecular formula is C21H23N3O2. The summed E-state index contributed by atoms with van der Waals surface area (Å²) in [7, 11) is 0. The molecule has 1 aliphatic heterocycles. The van der Waals surface area contributed by atoms with E-state index in [4.69, 9.17) is 0 Å². The molecule has 1 aromatic heterocycles. The lowest BCUT2D eigenvalue weighted by molar-refractivity contribution is -0.144. The molecule has 1 aliphatic rings. The Morgan fingerprint density at radius 1 is 1.00 bits per heavy atom. The van der Waals surface area contributed by atoms with Gasteiger partial charge in [0.15, 0.2) is 0 Å². The fraction of sp³-hybridized carbons (Fsp3) is 0.286. The third-order valence-corrected chi connectivity index (χ3v) is 5.20. The van der Waals surface area contributed by atoms with Gasteiger partial charge in [0, 0.05) is 49.8 Å². The second-order valence-corrected chi connectivity index (χ2v) is 6.82. The van der Waals surface area contributed by atoms with Crippen LogP contribution in [-0.4, -0.2) is 52.0 Å². The highest BCUT2D eigenvalue weighted by atomic mass is 16.4. The van der Waals surface area contributed by atoms with Gasteiger partial charge in [-0.05, 0) is 23.3 Å². The van der Waals surface area contributed by atoms with Crippen molar-refractivity contribution in [1.29, 1.82) is 0 Å². The first-order valence-electron chi connectivity index (χ1n) is 9.01. The fourth-order valence-electron chi connectivity index (χ4n) is 3.85. The molecule has 0 aliphatic carbocycles. The third kappa shape index (κ3) is 3.36. The number of aromatic nitrogens is 1. The normalized spacial score (nSPS) is 17.4. The van der Waals surface area contributed by atoms with Gasteiger partial charge in [-0.2, -0.15) is 0 Å². The molecule has 0 spiro atoms. The highest BCUT2D eigenvalue weighted by Crippen LogP contribution is 2.24. The van der Waals surface area contributed by atoms with Gasteiger partial charge < -0.3 is 10.1 Å². The molecule has 2 N–H and O–H groups in total. The Bertz CT molecular complexity index is 882. The van der Waals surface area contributed by atoms with Crippen LogP contribution in [0.25, 0.3) is 10.9 Å². The maximum atomic E-state index is 11.8. The zero-order valence-electron chi connectivity index (χ0n) is 14.6. The maximum Gasteiger partial charge on any atom is 0.325 e. The van der Waals surface area contributed by atoms with E-state index in [0.717, 1.165) is 43.8 Å². The number of nitrogens with zero attached hydrogens (tertiary/aromatic N) is 2. The maximum absolute atomic E-state index is 11.8. The number of hydrogen-bond donors (Lipinski definition) is 2. The molecule has 2 heterocycles. The molecule has 1 unspecified atom stereocenters. The number of piperazine rings is 1. The molecule has 0 bridgehead atoms. The van der Waals surface area contributed by atoms with Gasteiger partial charge in [0.2, 0.25) is 0 Å². The molecule has 0 radical (unpaired) electrons. The molecule has 1 saturated heterocycles. The Balaban J connectivity index is 1.43. The summed E-state index contributed by atoms with van der Waals surface area (Å²) in [6.45, 7) is 4.16. The van der Waals surface area contributed by atoms with Crippen LogP contribution in [0.4, 0.5) is 0 Å². The minimum absolute atomic E-state index is 0.563. The number of fused-ring (bicyclic) bond motifs is 1. The number of rotatable bonds is 5. The molecule has 4 rings (SSSR count). The van der Waals surface area contributed by atoms with Gasteiger partial charge in [-0.3, -0.25) is 14.6 Å². The Kier molecular flexibility index (Phi) is 4.73. The van der Waals surface area contributed by atoms with Gasteiger partial charge in [-0.15, -0.1) is 0 Å². The van der Waals surface area contributed by atoms with Crippen molar-refractivity contribution in [3.63, 3.8) is 0 Å². The van der Waals surface area contributed by atoms with E-state index >= 15 is 0 Å². The Morgan fingerprint density at radius 3 is 2.50 bits per heavy atom. The van der Waals surface area contributed by atoms with Gasteiger partial charge in [0.05, 0.1) is 0 Å². The molecule has 2 aromatic carbocycles. The average Bonchev–Trinajstić information content (AvgIpc) is 3.14. The van der Waals surface area contributed by atoms with E-state index in [1.54, 1.807) is 0 Å². The van der Waals surface area contributed by atoms with Gasteiger partial charge in [0.25, 0.3) is 0 Å². The highest BCUT2D eigenvalue weighted by Gasteiger charge is 2.30. The van der Waals surface area contributed by atoms with E-state index in [0.29, 0.717) is 0 Å². The predicted molar refractivity (Wildman–Crippen MR) is 102 cm³/mol. The zero-order valence-corrected chi connectivity index (χ0v) is 14.6. The van der Waals surface area contributed by atoms with E-state index < -0.39 is 12.0 Å². The summed E-state index contributed by atoms with van der Waals surface area (Å²) >= 11 is 0. The number of aliphatic carboxylic acids is 1. The quantitative estimate of drug-likeness (QED) is 0.743. The average molecular weight is 349 g/mol. The van der Waals surface area contributed by atoms with Crippen molar-refractivity contribution in [1.82, 2.24) is 14.8 Å². The minimum atomic E-state index is -0.776. The number of carbonyl (C=O) groups is 1. The third-order valence-electron chi connectivity index (χ3n) is 5.20. The predicted octanol–water partition coefficient (Wildman–Crippen LogP) is 3.11. The number of hydrogen-bond acceptors (Lipinski definition) is 3. The van der Waals surface area contributed by atoms with Gasteiger partial charge in [0.1, 0.15) is 6.04 Å². The number of carboxylic acids is 1. The van der Waals surface area contributed by atoms with Crippen LogP contribution in [0.2, 0.25) is 0 Å². The first-order chi connectivity index (χ1) is 12.7. The molecule has 0 saturated carbocycles. The van der Waals surface area contributed by atoms with Crippen molar-refractivity contribution in [2.45, 2.75) is 12.6 Å². The van der Waals surface area contributed by atoms with E-state index in [1.165, 1.54) is 10.9 Å². The van der Waals surface area contributed by atoms with Crippen molar-refractivity contribution in [3.05, 3.63) is 71.9 Å². The van der Waals surface area contributed by atoms with Crippen LogP contribution < -0.4 is 0 Å². The van der Waals surface area contributed by atoms with Crippen molar-refractivity contribution in [2.24, 2.45) is 0 Å². The molecule has 26 heavy (non-hydrogen) atoms. The number of H-pyrrole nitrogens is 1. The number of carboxylic acid groups (broad SMARTS) is 1. The Hall–Kier alpha value is -2.63. The summed E-state index contributed by atoms with van der Waals surface area (Å²) in [5, 5.41) is 11.0. The number of benzene rings is 2. The highest BCUT2D eigenvalue weighted by molar-refractivity contribution is 5.82. The van der Waals surface area contributed by atoms with Crippen LogP contribution in [0.15, 0.2) is 60.8 Å². The van der Waals surface area contributed by atoms with E-state index in [1.807, 2.05) is 36.5 Å². The summed E-state index contributed by atoms with van der Waals surface area (Å²) in [6.07, 6.45) is 1.98. The van der Waals surface area contributed by atoms with Crippen LogP contribution in [-0.2, 0) is 11.3 Å². The summed E-state index contributed by atoms with van der Waals surface area (Å²) < 4.78 is 0.